The first-order valence-electron chi connectivity index (χ1n) is 8.52. The predicted molar refractivity (Wildman–Crippen MR) is 103 cm³/mol. The maximum Gasteiger partial charge on any atom is 0.142 e. The van der Waals surface area contributed by atoms with E-state index in [4.69, 9.17) is 0 Å². The second-order valence-corrected chi connectivity index (χ2v) is 11.9. The first-order valence-corrected chi connectivity index (χ1v) is 12.0. The maximum atomic E-state index is 14.1. The van der Waals surface area contributed by atoms with Crippen molar-refractivity contribution >= 4 is 8.07 Å². The number of benzene rings is 2. The lowest BCUT2D eigenvalue weighted by molar-refractivity contribution is 0.573. The summed E-state index contributed by atoms with van der Waals surface area (Å²) in [6, 6.07) is 6.98. The lowest BCUT2D eigenvalue weighted by atomic mass is 10.1. The van der Waals surface area contributed by atoms with Crippen molar-refractivity contribution < 1.29 is 13.2 Å². The Morgan fingerprint density at radius 1 is 0.846 bits per heavy atom. The van der Waals surface area contributed by atoms with E-state index in [0.717, 1.165) is 6.42 Å². The largest absolute Gasteiger partial charge is 0.206 e. The summed E-state index contributed by atoms with van der Waals surface area (Å²) in [6.07, 6.45) is 1.41. The number of aryl methyl sites for hydroxylation is 1. The second-order valence-electron chi connectivity index (χ2n) is 7.13. The van der Waals surface area contributed by atoms with Crippen LogP contribution in [0.4, 0.5) is 13.2 Å². The number of halogens is 3. The Kier molecular flexibility index (Phi) is 6.35. The summed E-state index contributed by atoms with van der Waals surface area (Å²) in [7, 11) is -1.60. The molecule has 0 saturated heterocycles. The lowest BCUT2D eigenvalue weighted by Gasteiger charge is -2.04. The second kappa shape index (κ2) is 8.30. The van der Waals surface area contributed by atoms with Gasteiger partial charge in [0.2, 0.25) is 0 Å². The first kappa shape index (κ1) is 19.9. The number of hydrogen-bond donors (Lipinski definition) is 0. The highest BCUT2D eigenvalue weighted by Crippen LogP contribution is 2.16. The molecular weight excluding hydrogens is 349 g/mol. The Bertz CT molecular complexity index is 909. The molecule has 0 amide bonds. The van der Waals surface area contributed by atoms with Crippen molar-refractivity contribution in [2.75, 3.05) is 0 Å². The van der Waals surface area contributed by atoms with Crippen molar-refractivity contribution in [2.24, 2.45) is 0 Å². The van der Waals surface area contributed by atoms with Crippen LogP contribution in [-0.4, -0.2) is 8.07 Å². The molecule has 0 nitrogen and oxygen atoms in total. The van der Waals surface area contributed by atoms with E-state index in [-0.39, 0.29) is 5.56 Å². The molecule has 134 valence electrons. The van der Waals surface area contributed by atoms with Crippen LogP contribution in [-0.2, 0) is 6.42 Å². The zero-order chi connectivity index (χ0) is 19.3. The topological polar surface area (TPSA) is 0 Å². The van der Waals surface area contributed by atoms with Crippen LogP contribution in [0, 0.1) is 40.8 Å². The molecule has 0 aromatic heterocycles. The molecule has 26 heavy (non-hydrogen) atoms. The molecule has 0 aliphatic heterocycles. The van der Waals surface area contributed by atoms with E-state index in [1.807, 2.05) is 6.92 Å². The zero-order valence-electron chi connectivity index (χ0n) is 15.4. The summed E-state index contributed by atoms with van der Waals surface area (Å²) in [5.74, 6) is 6.08. The molecule has 0 fully saturated rings. The van der Waals surface area contributed by atoms with Crippen LogP contribution in [0.5, 0.6) is 0 Å². The molecule has 0 saturated carbocycles. The van der Waals surface area contributed by atoms with E-state index in [0.29, 0.717) is 23.1 Å². The van der Waals surface area contributed by atoms with Gasteiger partial charge in [0.25, 0.3) is 0 Å². The van der Waals surface area contributed by atoms with Crippen LogP contribution >= 0.6 is 0 Å². The Labute approximate surface area is 154 Å². The molecule has 0 N–H and O–H groups in total. The molecule has 0 aliphatic rings. The third kappa shape index (κ3) is 5.54. The summed E-state index contributed by atoms with van der Waals surface area (Å²) >= 11 is 0. The van der Waals surface area contributed by atoms with Crippen molar-refractivity contribution in [3.63, 3.8) is 0 Å². The van der Waals surface area contributed by atoms with Crippen molar-refractivity contribution in [3.8, 4) is 23.3 Å². The van der Waals surface area contributed by atoms with Gasteiger partial charge in [0, 0.05) is 5.56 Å². The maximum absolute atomic E-state index is 14.1. The van der Waals surface area contributed by atoms with Crippen LogP contribution in [0.15, 0.2) is 30.3 Å². The highest BCUT2D eigenvalue weighted by atomic mass is 28.3. The Morgan fingerprint density at radius 2 is 1.50 bits per heavy atom. The Hall–Kier alpha value is -2.43. The van der Waals surface area contributed by atoms with Crippen molar-refractivity contribution in [3.05, 3.63) is 70.0 Å². The molecule has 0 bridgehead atoms. The highest BCUT2D eigenvalue weighted by molar-refractivity contribution is 6.83. The van der Waals surface area contributed by atoms with Gasteiger partial charge < -0.3 is 0 Å². The van der Waals surface area contributed by atoms with Gasteiger partial charge in [0.15, 0.2) is 0 Å². The molecule has 0 atom stereocenters. The third-order valence-electron chi connectivity index (χ3n) is 3.51. The highest BCUT2D eigenvalue weighted by Gasteiger charge is 2.10. The van der Waals surface area contributed by atoms with Gasteiger partial charge in [0.1, 0.15) is 25.5 Å². The van der Waals surface area contributed by atoms with E-state index < -0.39 is 25.5 Å². The standard InChI is InChI=1S/C22H21F3Si/c1-5-6-17-14-21(24)19(22(25)15-17)10-8-16-7-9-18(20(23)13-16)11-12-26(2,3)4/h7,9,13-15H,5-6H2,1-4H3. The summed E-state index contributed by atoms with van der Waals surface area (Å²) in [5.41, 5.74) is 4.05. The van der Waals surface area contributed by atoms with Crippen LogP contribution in [0.2, 0.25) is 19.6 Å². The zero-order valence-corrected chi connectivity index (χ0v) is 16.4. The van der Waals surface area contributed by atoms with E-state index >= 15 is 0 Å². The van der Waals surface area contributed by atoms with Crippen molar-refractivity contribution in [2.45, 2.75) is 39.4 Å². The molecule has 2 aromatic carbocycles. The molecule has 0 aliphatic carbocycles. The molecule has 0 spiro atoms. The summed E-state index contributed by atoms with van der Waals surface area (Å²) < 4.78 is 42.3. The minimum absolute atomic E-state index is 0.298. The van der Waals surface area contributed by atoms with Crippen LogP contribution in [0.1, 0.15) is 35.6 Å². The van der Waals surface area contributed by atoms with Gasteiger partial charge in [-0.25, -0.2) is 13.2 Å². The molecule has 2 aromatic rings. The number of rotatable bonds is 2. The fourth-order valence-corrected chi connectivity index (χ4v) is 2.77. The quantitative estimate of drug-likeness (QED) is 0.471. The fourth-order valence-electron chi connectivity index (χ4n) is 2.26. The van der Waals surface area contributed by atoms with E-state index in [9.17, 15) is 13.2 Å². The predicted octanol–water partition coefficient (Wildman–Crippen LogP) is 5.69. The molecule has 2 rings (SSSR count). The summed E-state index contributed by atoms with van der Waals surface area (Å²) in [4.78, 5) is 0. The van der Waals surface area contributed by atoms with E-state index in [1.165, 1.54) is 18.2 Å². The van der Waals surface area contributed by atoms with Gasteiger partial charge in [-0.15, -0.1) is 5.54 Å². The SMILES string of the molecule is CCCc1cc(F)c(C#Cc2ccc(C#C[Si](C)(C)C)c(F)c2)c(F)c1. The van der Waals surface area contributed by atoms with Gasteiger partial charge >= 0.3 is 0 Å². The van der Waals surface area contributed by atoms with Crippen molar-refractivity contribution in [1.29, 1.82) is 0 Å². The smallest absolute Gasteiger partial charge is 0.142 e. The molecule has 4 heteroatoms. The van der Waals surface area contributed by atoms with Gasteiger partial charge in [-0.1, -0.05) is 50.7 Å². The van der Waals surface area contributed by atoms with Gasteiger partial charge in [-0.3, -0.25) is 0 Å². The van der Waals surface area contributed by atoms with Crippen LogP contribution in [0.3, 0.4) is 0 Å². The minimum atomic E-state index is -1.60. The summed E-state index contributed by atoms with van der Waals surface area (Å²) in [6.45, 7) is 8.17. The third-order valence-corrected chi connectivity index (χ3v) is 4.39. The Balaban J connectivity index is 2.31. The van der Waals surface area contributed by atoms with Gasteiger partial charge in [-0.2, -0.15) is 0 Å². The fraction of sp³-hybridized carbons (Fsp3) is 0.273. The first-order chi connectivity index (χ1) is 12.2. The molecule has 0 unspecified atom stereocenters. The summed E-state index contributed by atoms with van der Waals surface area (Å²) in [5, 5.41) is 0. The van der Waals surface area contributed by atoms with Crippen LogP contribution < -0.4 is 0 Å². The van der Waals surface area contributed by atoms with Gasteiger partial charge in [-0.05, 0) is 42.3 Å². The van der Waals surface area contributed by atoms with Crippen molar-refractivity contribution in [1.82, 2.24) is 0 Å². The normalized spacial score (nSPS) is 10.6. The van der Waals surface area contributed by atoms with Gasteiger partial charge in [0.05, 0.1) is 11.1 Å². The Morgan fingerprint density at radius 3 is 2.04 bits per heavy atom. The van der Waals surface area contributed by atoms with E-state index in [2.05, 4.69) is 42.9 Å². The average Bonchev–Trinajstić information content (AvgIpc) is 2.52. The van der Waals surface area contributed by atoms with E-state index in [1.54, 1.807) is 12.1 Å². The average molecular weight is 370 g/mol. The van der Waals surface area contributed by atoms with Crippen LogP contribution in [0.25, 0.3) is 0 Å². The lowest BCUT2D eigenvalue weighted by Crippen LogP contribution is -2.16. The minimum Gasteiger partial charge on any atom is -0.206 e. The molecule has 0 heterocycles. The molecular formula is C22H21F3Si. The molecule has 0 radical (unpaired) electrons. The number of hydrogen-bond acceptors (Lipinski definition) is 0. The monoisotopic (exact) mass is 370 g/mol.